The first-order chi connectivity index (χ1) is 17.8. The number of halogens is 3. The third-order valence-corrected chi connectivity index (χ3v) is 6.50. The molecule has 9 nitrogen and oxygen atoms in total. The number of fused-ring (bicyclic) bond motifs is 4. The number of aryl methyl sites for hydroxylation is 1. The van der Waals surface area contributed by atoms with Crippen LogP contribution in [0, 0.1) is 0 Å². The van der Waals surface area contributed by atoms with Crippen LogP contribution in [0.2, 0.25) is 0 Å². The summed E-state index contributed by atoms with van der Waals surface area (Å²) in [7, 11) is 0. The number of ether oxygens (including phenoxy) is 2. The highest BCUT2D eigenvalue weighted by molar-refractivity contribution is 6.06. The van der Waals surface area contributed by atoms with Crippen LogP contribution in [0.5, 0.6) is 5.88 Å². The smallest absolute Gasteiger partial charge is 0.433 e. The molecule has 0 atom stereocenters. The molecular weight excluding hydrogens is 489 g/mol. The lowest BCUT2D eigenvalue weighted by Crippen LogP contribution is -2.31. The Morgan fingerprint density at radius 1 is 1.14 bits per heavy atom. The van der Waals surface area contributed by atoms with E-state index < -0.39 is 17.8 Å². The minimum Gasteiger partial charge on any atom is -0.476 e. The number of hydrogen-bond donors (Lipinski definition) is 1. The van der Waals surface area contributed by atoms with E-state index in [1.54, 1.807) is 4.68 Å². The fraction of sp³-hybridized carbons (Fsp3) is 0.280. The molecule has 0 saturated heterocycles. The second-order valence-corrected chi connectivity index (χ2v) is 8.88. The molecular formula is C25H21F3N6O3. The standard InChI is InChI=1S/C25H21F3N6O3/c26-25(27,28)21-5-3-15(9-30-21)23(35)33(20-10-31-34-6-1-7-37-24(20)34)11-14-2-4-16-17-12-36-13-18(17)22(29)32-19(16)8-14/h2-5,8-10H,1,6-7,11-13H2,(H2,29,32). The third kappa shape index (κ3) is 4.12. The van der Waals surface area contributed by atoms with Gasteiger partial charge in [-0.25, -0.2) is 9.67 Å². The van der Waals surface area contributed by atoms with Gasteiger partial charge in [-0.15, -0.1) is 0 Å². The van der Waals surface area contributed by atoms with Crippen molar-refractivity contribution >= 4 is 28.3 Å². The summed E-state index contributed by atoms with van der Waals surface area (Å²) in [6, 6.07) is 7.54. The van der Waals surface area contributed by atoms with Gasteiger partial charge in [-0.2, -0.15) is 18.3 Å². The minimum absolute atomic E-state index is 0.00175. The van der Waals surface area contributed by atoms with E-state index in [0.717, 1.165) is 46.8 Å². The average molecular weight is 510 g/mol. The van der Waals surface area contributed by atoms with Crippen molar-refractivity contribution in [3.05, 3.63) is 70.7 Å². The summed E-state index contributed by atoms with van der Waals surface area (Å²) < 4.78 is 52.0. The van der Waals surface area contributed by atoms with Crippen LogP contribution in [0.15, 0.2) is 42.7 Å². The van der Waals surface area contributed by atoms with Crippen LogP contribution in [0.3, 0.4) is 0 Å². The summed E-state index contributed by atoms with van der Waals surface area (Å²) >= 11 is 0. The average Bonchev–Trinajstić information content (AvgIpc) is 3.55. The highest BCUT2D eigenvalue weighted by Gasteiger charge is 2.33. The van der Waals surface area contributed by atoms with Crippen molar-refractivity contribution in [1.82, 2.24) is 19.7 Å². The van der Waals surface area contributed by atoms with Crippen LogP contribution in [0.1, 0.15) is 39.2 Å². The molecule has 3 aromatic heterocycles. The van der Waals surface area contributed by atoms with E-state index in [9.17, 15) is 18.0 Å². The normalized spacial score (nSPS) is 14.8. The number of nitrogens with zero attached hydrogens (tertiary/aromatic N) is 5. The molecule has 2 N–H and O–H groups in total. The Balaban J connectivity index is 1.39. The zero-order chi connectivity index (χ0) is 25.7. The molecule has 4 aromatic rings. The number of hydrogen-bond acceptors (Lipinski definition) is 7. The lowest BCUT2D eigenvalue weighted by Gasteiger charge is -2.25. The maximum atomic E-state index is 13.6. The Bertz CT molecular complexity index is 1520. The zero-order valence-electron chi connectivity index (χ0n) is 19.5. The first-order valence-electron chi connectivity index (χ1n) is 11.6. The molecule has 0 saturated carbocycles. The lowest BCUT2D eigenvalue weighted by atomic mass is 10.0. The Kier molecular flexibility index (Phi) is 5.48. The van der Waals surface area contributed by atoms with E-state index in [-0.39, 0.29) is 12.1 Å². The van der Waals surface area contributed by atoms with E-state index in [0.29, 0.717) is 49.3 Å². The zero-order valence-corrected chi connectivity index (χ0v) is 19.5. The number of carbonyl (C=O) groups excluding carboxylic acids is 1. The third-order valence-electron chi connectivity index (χ3n) is 6.50. The fourth-order valence-electron chi connectivity index (χ4n) is 4.65. The second kappa shape index (κ2) is 8.73. The number of benzene rings is 1. The Hall–Kier alpha value is -4.19. The van der Waals surface area contributed by atoms with Gasteiger partial charge >= 0.3 is 6.18 Å². The number of rotatable bonds is 4. The van der Waals surface area contributed by atoms with Gasteiger partial charge in [0.15, 0.2) is 0 Å². The number of carbonyl (C=O) groups is 1. The van der Waals surface area contributed by atoms with Gasteiger partial charge in [0.2, 0.25) is 5.88 Å². The molecule has 190 valence electrons. The quantitative estimate of drug-likeness (QED) is 0.441. The van der Waals surface area contributed by atoms with Crippen LogP contribution in [-0.4, -0.2) is 32.3 Å². The van der Waals surface area contributed by atoms with E-state index in [1.165, 1.54) is 11.1 Å². The number of nitrogens with two attached hydrogens (primary N) is 1. The summed E-state index contributed by atoms with van der Waals surface area (Å²) in [4.78, 5) is 23.0. The monoisotopic (exact) mass is 510 g/mol. The number of nitrogen functional groups attached to an aromatic ring is 1. The van der Waals surface area contributed by atoms with Crippen LogP contribution in [0.25, 0.3) is 10.9 Å². The van der Waals surface area contributed by atoms with Crippen molar-refractivity contribution in [2.45, 2.75) is 38.9 Å². The van der Waals surface area contributed by atoms with Gasteiger partial charge in [-0.3, -0.25) is 14.7 Å². The molecule has 0 spiro atoms. The van der Waals surface area contributed by atoms with Crippen molar-refractivity contribution in [3.8, 4) is 5.88 Å². The van der Waals surface area contributed by atoms with Gasteiger partial charge in [-0.1, -0.05) is 12.1 Å². The van der Waals surface area contributed by atoms with Gasteiger partial charge in [0.05, 0.1) is 43.6 Å². The molecule has 2 aliphatic rings. The maximum absolute atomic E-state index is 13.6. The maximum Gasteiger partial charge on any atom is 0.433 e. The van der Waals surface area contributed by atoms with Gasteiger partial charge in [0, 0.05) is 30.1 Å². The number of alkyl halides is 3. The molecule has 1 aromatic carbocycles. The largest absolute Gasteiger partial charge is 0.476 e. The molecule has 2 aliphatic heterocycles. The van der Waals surface area contributed by atoms with E-state index in [4.69, 9.17) is 15.2 Å². The molecule has 0 unspecified atom stereocenters. The first kappa shape index (κ1) is 23.2. The van der Waals surface area contributed by atoms with Crippen LogP contribution >= 0.6 is 0 Å². The van der Waals surface area contributed by atoms with Crippen molar-refractivity contribution in [2.24, 2.45) is 0 Å². The Morgan fingerprint density at radius 2 is 1.97 bits per heavy atom. The number of pyridine rings is 2. The molecule has 5 heterocycles. The van der Waals surface area contributed by atoms with Gasteiger partial charge < -0.3 is 15.2 Å². The summed E-state index contributed by atoms with van der Waals surface area (Å²) in [5.41, 5.74) is 8.77. The van der Waals surface area contributed by atoms with Crippen LogP contribution < -0.4 is 15.4 Å². The summed E-state index contributed by atoms with van der Waals surface area (Å²) in [6.45, 7) is 2.05. The molecule has 0 fully saturated rings. The van der Waals surface area contributed by atoms with Gasteiger partial charge in [0.25, 0.3) is 5.91 Å². The summed E-state index contributed by atoms with van der Waals surface area (Å²) in [5.74, 6) is 0.290. The van der Waals surface area contributed by atoms with Crippen molar-refractivity contribution in [2.75, 3.05) is 17.2 Å². The molecule has 6 rings (SSSR count). The van der Waals surface area contributed by atoms with Gasteiger partial charge in [0.1, 0.15) is 17.2 Å². The number of anilines is 2. The predicted molar refractivity (Wildman–Crippen MR) is 127 cm³/mol. The molecule has 0 bridgehead atoms. The lowest BCUT2D eigenvalue weighted by molar-refractivity contribution is -0.141. The summed E-state index contributed by atoms with van der Waals surface area (Å²) in [6.07, 6.45) is -1.37. The molecule has 0 aliphatic carbocycles. The Morgan fingerprint density at radius 3 is 2.76 bits per heavy atom. The summed E-state index contributed by atoms with van der Waals surface area (Å²) in [5, 5.41) is 5.25. The van der Waals surface area contributed by atoms with E-state index in [2.05, 4.69) is 15.1 Å². The second-order valence-electron chi connectivity index (χ2n) is 8.88. The van der Waals surface area contributed by atoms with E-state index >= 15 is 0 Å². The molecule has 12 heteroatoms. The SMILES string of the molecule is Nc1nc2cc(CN(C(=O)c3ccc(C(F)(F)F)nc3)c3cnn4c3OCCC4)ccc2c2c1COC2. The van der Waals surface area contributed by atoms with Gasteiger partial charge in [-0.05, 0) is 29.3 Å². The van der Waals surface area contributed by atoms with Crippen LogP contribution in [0.4, 0.5) is 24.7 Å². The van der Waals surface area contributed by atoms with Crippen molar-refractivity contribution in [3.63, 3.8) is 0 Å². The highest BCUT2D eigenvalue weighted by atomic mass is 19.4. The minimum atomic E-state index is -4.61. The topological polar surface area (TPSA) is 108 Å². The number of aromatic nitrogens is 4. The molecule has 1 amide bonds. The molecule has 37 heavy (non-hydrogen) atoms. The van der Waals surface area contributed by atoms with Crippen molar-refractivity contribution < 1.29 is 27.4 Å². The predicted octanol–water partition coefficient (Wildman–Crippen LogP) is 4.09. The fourth-order valence-corrected chi connectivity index (χ4v) is 4.65. The Labute approximate surface area is 208 Å². The number of amides is 1. The van der Waals surface area contributed by atoms with Crippen LogP contribution in [-0.2, 0) is 37.2 Å². The highest BCUT2D eigenvalue weighted by Crippen LogP contribution is 2.35. The van der Waals surface area contributed by atoms with Crippen molar-refractivity contribution in [1.29, 1.82) is 0 Å². The first-order valence-corrected chi connectivity index (χ1v) is 11.6. The van der Waals surface area contributed by atoms with E-state index in [1.807, 2.05) is 18.2 Å². The molecule has 0 radical (unpaired) electrons.